The second-order valence-corrected chi connectivity index (χ2v) is 6.07. The van der Waals surface area contributed by atoms with Gasteiger partial charge in [-0.05, 0) is 48.0 Å². The fourth-order valence-corrected chi connectivity index (χ4v) is 2.68. The molecule has 0 aromatic heterocycles. The van der Waals surface area contributed by atoms with Gasteiger partial charge in [0.05, 0.1) is 0 Å². The van der Waals surface area contributed by atoms with E-state index in [1.54, 1.807) is 42.5 Å². The predicted molar refractivity (Wildman–Crippen MR) is 111 cm³/mol. The number of hydrogen-bond donors (Lipinski definition) is 4. The number of benzene rings is 3. The number of phenols is 1. The average molecular weight is 410 g/mol. The van der Waals surface area contributed by atoms with Crippen LogP contribution < -0.4 is 10.6 Å². The molecule has 3 rings (SSSR count). The van der Waals surface area contributed by atoms with E-state index in [1.807, 2.05) is 0 Å². The van der Waals surface area contributed by atoms with Crippen LogP contribution in [-0.2, 0) is 9.59 Å². The first-order chi connectivity index (χ1) is 14.3. The molecule has 4 N–H and O–H groups in total. The van der Waals surface area contributed by atoms with E-state index in [2.05, 4.69) is 10.6 Å². The highest BCUT2D eigenvalue weighted by molar-refractivity contribution is 6.05. The molecule has 2 amide bonds. The smallest absolute Gasteiger partial charge is 0.290 e. The zero-order valence-corrected chi connectivity index (χ0v) is 15.9. The van der Waals surface area contributed by atoms with Gasteiger partial charge in [-0.3, -0.25) is 14.4 Å². The van der Waals surface area contributed by atoms with Crippen molar-refractivity contribution in [1.29, 1.82) is 0 Å². The van der Waals surface area contributed by atoms with Crippen molar-refractivity contribution in [2.75, 3.05) is 10.6 Å². The fraction of sp³-hybridized carbons (Fsp3) is 0.0455. The number of hydrogen-bond acceptors (Lipinski definition) is 4. The Balaban J connectivity index is 0.00000101. The number of nitrogens with one attached hydrogen (secondary N) is 2. The third kappa shape index (κ3) is 6.16. The quantitative estimate of drug-likeness (QED) is 0.483. The zero-order chi connectivity index (χ0) is 22.1. The van der Waals surface area contributed by atoms with Gasteiger partial charge in [0.15, 0.2) is 0 Å². The first-order valence-corrected chi connectivity index (χ1v) is 8.70. The van der Waals surface area contributed by atoms with Crippen molar-refractivity contribution in [2.24, 2.45) is 0 Å². The van der Waals surface area contributed by atoms with Crippen LogP contribution in [0.25, 0.3) is 11.1 Å². The molecule has 0 bridgehead atoms. The maximum atomic E-state index is 14.0. The van der Waals surface area contributed by atoms with E-state index in [4.69, 9.17) is 9.90 Å². The van der Waals surface area contributed by atoms with Gasteiger partial charge in [-0.15, -0.1) is 0 Å². The largest absolute Gasteiger partial charge is 0.507 e. The molecule has 0 saturated carbocycles. The van der Waals surface area contributed by atoms with Crippen LogP contribution in [0.15, 0.2) is 66.7 Å². The number of phenolic OH excluding ortho intramolecular Hbond substituents is 1. The highest BCUT2D eigenvalue weighted by atomic mass is 19.1. The molecule has 0 radical (unpaired) electrons. The molecule has 0 heterocycles. The Hall–Kier alpha value is -4.20. The summed E-state index contributed by atoms with van der Waals surface area (Å²) in [6.07, 6.45) is 0. The van der Waals surface area contributed by atoms with Gasteiger partial charge in [0.25, 0.3) is 12.4 Å². The van der Waals surface area contributed by atoms with Gasteiger partial charge in [-0.2, -0.15) is 0 Å². The minimum Gasteiger partial charge on any atom is -0.507 e. The summed E-state index contributed by atoms with van der Waals surface area (Å²) in [6.45, 7) is 1.14. The van der Waals surface area contributed by atoms with Crippen LogP contribution in [0.3, 0.4) is 0 Å². The number of amides is 2. The molecule has 3 aromatic carbocycles. The lowest BCUT2D eigenvalue weighted by atomic mass is 10.0. The molecular weight excluding hydrogens is 391 g/mol. The van der Waals surface area contributed by atoms with Gasteiger partial charge in [0.2, 0.25) is 5.91 Å². The summed E-state index contributed by atoms with van der Waals surface area (Å²) in [7, 11) is 0. The maximum absolute atomic E-state index is 14.0. The highest BCUT2D eigenvalue weighted by Crippen LogP contribution is 2.30. The molecule has 30 heavy (non-hydrogen) atoms. The van der Waals surface area contributed by atoms with Crippen molar-refractivity contribution in [2.45, 2.75) is 6.92 Å². The van der Waals surface area contributed by atoms with Crippen molar-refractivity contribution in [3.05, 3.63) is 78.1 Å². The van der Waals surface area contributed by atoms with Gasteiger partial charge in [-0.25, -0.2) is 4.39 Å². The second-order valence-electron chi connectivity index (χ2n) is 6.07. The molecule has 0 saturated heterocycles. The topological polar surface area (TPSA) is 116 Å². The number of halogens is 1. The Morgan fingerprint density at radius 1 is 0.933 bits per heavy atom. The molecule has 154 valence electrons. The molecule has 7 nitrogen and oxygen atoms in total. The van der Waals surface area contributed by atoms with Gasteiger partial charge in [0, 0.05) is 29.4 Å². The summed E-state index contributed by atoms with van der Waals surface area (Å²) in [5.41, 5.74) is 1.93. The lowest BCUT2D eigenvalue weighted by Crippen LogP contribution is -2.13. The van der Waals surface area contributed by atoms with Gasteiger partial charge in [-0.1, -0.05) is 24.3 Å². The first kappa shape index (κ1) is 22.1. The maximum Gasteiger partial charge on any atom is 0.290 e. The number of carboxylic acid groups (broad SMARTS) is 1. The summed E-state index contributed by atoms with van der Waals surface area (Å²) in [5, 5.41) is 22.2. The third-order valence-corrected chi connectivity index (χ3v) is 3.82. The second kappa shape index (κ2) is 10.4. The third-order valence-electron chi connectivity index (χ3n) is 3.82. The lowest BCUT2D eigenvalue weighted by Gasteiger charge is -2.10. The number of aromatic hydroxyl groups is 1. The summed E-state index contributed by atoms with van der Waals surface area (Å²) < 4.78 is 14.0. The predicted octanol–water partition coefficient (Wildman–Crippen LogP) is 4.11. The lowest BCUT2D eigenvalue weighted by molar-refractivity contribution is -0.123. The Labute approximate surface area is 171 Å². The molecule has 0 unspecified atom stereocenters. The van der Waals surface area contributed by atoms with E-state index in [1.165, 1.54) is 25.1 Å². The number of carbonyl (C=O) groups is 3. The van der Waals surface area contributed by atoms with Crippen molar-refractivity contribution in [1.82, 2.24) is 0 Å². The first-order valence-electron chi connectivity index (χ1n) is 8.70. The standard InChI is InChI=1S/C21H17FN2O3.CH2O2/c1-13(25)23-17-5-4-6-18(12-17)24-21(27)15-9-14(10-16(22)11-15)19-7-2-3-8-20(19)26;2-1-3/h2-12,26H,1H3,(H,23,25)(H,24,27);1H,(H,2,3). The summed E-state index contributed by atoms with van der Waals surface area (Å²) in [6, 6.07) is 17.0. The molecule has 0 aliphatic heterocycles. The van der Waals surface area contributed by atoms with E-state index in [0.717, 1.165) is 6.07 Å². The van der Waals surface area contributed by atoms with Crippen LogP contribution in [-0.4, -0.2) is 28.5 Å². The number of rotatable bonds is 4. The fourth-order valence-electron chi connectivity index (χ4n) is 2.68. The minimum absolute atomic E-state index is 0.00235. The molecule has 3 aromatic rings. The van der Waals surface area contributed by atoms with Gasteiger partial charge < -0.3 is 20.8 Å². The van der Waals surface area contributed by atoms with Crippen molar-refractivity contribution in [3.63, 3.8) is 0 Å². The van der Waals surface area contributed by atoms with E-state index < -0.39 is 11.7 Å². The monoisotopic (exact) mass is 410 g/mol. The Morgan fingerprint density at radius 2 is 1.57 bits per heavy atom. The highest BCUT2D eigenvalue weighted by Gasteiger charge is 2.12. The SMILES string of the molecule is CC(=O)Nc1cccc(NC(=O)c2cc(F)cc(-c3ccccc3O)c2)c1.O=CO. The van der Waals surface area contributed by atoms with Crippen LogP contribution in [0.1, 0.15) is 17.3 Å². The van der Waals surface area contributed by atoms with Crippen LogP contribution in [0.4, 0.5) is 15.8 Å². The van der Waals surface area contributed by atoms with Crippen molar-refractivity contribution < 1.29 is 29.0 Å². The van der Waals surface area contributed by atoms with E-state index in [0.29, 0.717) is 22.5 Å². The average Bonchev–Trinajstić information content (AvgIpc) is 2.68. The van der Waals surface area contributed by atoms with E-state index in [-0.39, 0.29) is 23.7 Å². The molecule has 0 fully saturated rings. The molecule has 0 aliphatic carbocycles. The Kier molecular flexibility index (Phi) is 7.64. The number of para-hydroxylation sites is 1. The molecule has 0 atom stereocenters. The zero-order valence-electron chi connectivity index (χ0n) is 15.9. The van der Waals surface area contributed by atoms with Gasteiger partial charge in [0.1, 0.15) is 11.6 Å². The molecular formula is C22H19FN2O5. The Bertz CT molecular complexity index is 1070. The normalized spacial score (nSPS) is 9.67. The molecule has 8 heteroatoms. The minimum atomic E-state index is -0.590. The van der Waals surface area contributed by atoms with E-state index in [9.17, 15) is 19.1 Å². The van der Waals surface area contributed by atoms with Crippen molar-refractivity contribution in [3.8, 4) is 16.9 Å². The summed E-state index contributed by atoms with van der Waals surface area (Å²) in [4.78, 5) is 32.0. The van der Waals surface area contributed by atoms with Crippen molar-refractivity contribution >= 4 is 29.7 Å². The summed E-state index contributed by atoms with van der Waals surface area (Å²) in [5.74, 6) is -1.33. The van der Waals surface area contributed by atoms with Crippen LogP contribution in [0.2, 0.25) is 0 Å². The molecule has 0 aliphatic rings. The van der Waals surface area contributed by atoms with Crippen LogP contribution in [0.5, 0.6) is 5.75 Å². The van der Waals surface area contributed by atoms with Crippen LogP contribution in [0, 0.1) is 5.82 Å². The number of carbonyl (C=O) groups excluding carboxylic acids is 2. The van der Waals surface area contributed by atoms with Gasteiger partial charge >= 0.3 is 0 Å². The van der Waals surface area contributed by atoms with E-state index >= 15 is 0 Å². The Morgan fingerprint density at radius 3 is 2.20 bits per heavy atom. The summed E-state index contributed by atoms with van der Waals surface area (Å²) >= 11 is 0. The van der Waals surface area contributed by atoms with Crippen LogP contribution >= 0.6 is 0 Å². The molecule has 0 spiro atoms. The number of anilines is 2.